The van der Waals surface area contributed by atoms with Gasteiger partial charge >= 0.3 is 3.98 Å². The number of unbranched alkanes of at least 4 members (excludes halogenated alkanes) is 2. The van der Waals surface area contributed by atoms with Crippen LogP contribution < -0.4 is 0 Å². The Balaban J connectivity index is 2.11. The molecule has 0 saturated carbocycles. The van der Waals surface area contributed by atoms with Crippen molar-refractivity contribution in [2.45, 2.75) is 57.8 Å². The molecule has 6 heteroatoms. The first kappa shape index (κ1) is 23.4. The topological polar surface area (TPSA) is 55.7 Å². The van der Waals surface area contributed by atoms with E-state index in [4.69, 9.17) is 0 Å². The maximum absolute atomic E-state index is 12.9. The van der Waals surface area contributed by atoms with Crippen molar-refractivity contribution < 1.29 is 14.4 Å². The monoisotopic (exact) mass is 629 g/mol. The van der Waals surface area contributed by atoms with Gasteiger partial charge < -0.3 is 4.84 Å². The van der Waals surface area contributed by atoms with E-state index in [1.165, 1.54) is 44.8 Å². The molecule has 2 aromatic rings. The fourth-order valence-electron chi connectivity index (χ4n) is 4.45. The highest BCUT2D eigenvalue weighted by Gasteiger charge is 2.42. The molecule has 3 rings (SSSR count). The molecule has 0 aromatic heterocycles. The smallest absolute Gasteiger partial charge is 0.306 e. The van der Waals surface area contributed by atoms with E-state index in [0.717, 1.165) is 38.5 Å². The SMILES string of the molecule is CCCCC1(CCCC)c2ccccc2-c2ccc(C(=O)/C(I)=N/OC(=O)I)cc21. The van der Waals surface area contributed by atoms with E-state index in [0.29, 0.717) is 5.56 Å². The molecule has 0 saturated heterocycles. The van der Waals surface area contributed by atoms with Gasteiger partial charge in [0.25, 0.3) is 0 Å². The van der Waals surface area contributed by atoms with Crippen LogP contribution in [-0.2, 0) is 10.3 Å². The van der Waals surface area contributed by atoms with E-state index in [2.05, 4.69) is 54.2 Å². The third kappa shape index (κ3) is 4.64. The summed E-state index contributed by atoms with van der Waals surface area (Å²) < 4.78 is -0.432. The minimum atomic E-state index is -0.572. The van der Waals surface area contributed by atoms with Gasteiger partial charge in [-0.2, -0.15) is 0 Å². The predicted molar refractivity (Wildman–Crippen MR) is 138 cm³/mol. The molecule has 1 aliphatic carbocycles. The second-order valence-electron chi connectivity index (χ2n) is 7.64. The van der Waals surface area contributed by atoms with Gasteiger partial charge in [0, 0.05) is 11.0 Å². The first-order valence-electron chi connectivity index (χ1n) is 10.3. The first-order valence-corrected chi connectivity index (χ1v) is 12.5. The molecule has 1 aliphatic rings. The van der Waals surface area contributed by atoms with Crippen LogP contribution in [0.4, 0.5) is 4.79 Å². The third-order valence-electron chi connectivity index (χ3n) is 5.83. The second-order valence-corrected chi connectivity index (χ2v) is 9.54. The number of fused-ring (bicyclic) bond motifs is 3. The van der Waals surface area contributed by atoms with Gasteiger partial charge in [-0.1, -0.05) is 81.1 Å². The number of nitrogens with zero attached hydrogens (tertiary/aromatic N) is 1. The van der Waals surface area contributed by atoms with E-state index in [1.54, 1.807) is 0 Å². The average Bonchev–Trinajstić information content (AvgIpc) is 3.03. The minimum Gasteiger partial charge on any atom is -0.306 e. The predicted octanol–water partition coefficient (Wildman–Crippen LogP) is 7.84. The van der Waals surface area contributed by atoms with Crippen LogP contribution in [0.15, 0.2) is 47.6 Å². The highest BCUT2D eigenvalue weighted by Crippen LogP contribution is 2.54. The average molecular weight is 629 g/mol. The number of halogens is 2. The van der Waals surface area contributed by atoms with Gasteiger partial charge in [0.05, 0.1) is 22.6 Å². The van der Waals surface area contributed by atoms with Crippen LogP contribution in [-0.4, -0.2) is 13.5 Å². The molecule has 0 bridgehead atoms. The van der Waals surface area contributed by atoms with Gasteiger partial charge in [-0.25, -0.2) is 4.79 Å². The van der Waals surface area contributed by atoms with Gasteiger partial charge in [-0.3, -0.25) is 4.79 Å². The van der Waals surface area contributed by atoms with Crippen LogP contribution in [0, 0.1) is 0 Å². The maximum Gasteiger partial charge on any atom is 0.393 e. The highest BCUT2D eigenvalue weighted by atomic mass is 127. The summed E-state index contributed by atoms with van der Waals surface area (Å²) in [6.45, 7) is 4.45. The van der Waals surface area contributed by atoms with Crippen molar-refractivity contribution in [3.63, 3.8) is 0 Å². The van der Waals surface area contributed by atoms with E-state index < -0.39 is 3.98 Å². The van der Waals surface area contributed by atoms with E-state index in [1.807, 2.05) is 34.7 Å². The third-order valence-corrected chi connectivity index (χ3v) is 6.71. The molecular formula is C24H25I2NO3. The summed E-state index contributed by atoms with van der Waals surface area (Å²) >= 11 is 3.31. The van der Waals surface area contributed by atoms with Gasteiger partial charge in [0.1, 0.15) is 0 Å². The Bertz CT molecular complexity index is 976. The zero-order valence-corrected chi connectivity index (χ0v) is 21.5. The summed E-state index contributed by atoms with van der Waals surface area (Å²) in [5.74, 6) is -0.230. The van der Waals surface area contributed by atoms with Crippen molar-refractivity contribution in [1.29, 1.82) is 0 Å². The van der Waals surface area contributed by atoms with Crippen LogP contribution in [0.25, 0.3) is 11.1 Å². The number of hydrogen-bond acceptors (Lipinski definition) is 4. The fourth-order valence-corrected chi connectivity index (χ4v) is 4.96. The number of benzene rings is 2. The van der Waals surface area contributed by atoms with Gasteiger partial charge in [0.15, 0.2) is 3.72 Å². The van der Waals surface area contributed by atoms with Crippen LogP contribution in [0.1, 0.15) is 73.9 Å². The number of hydrogen-bond donors (Lipinski definition) is 0. The summed E-state index contributed by atoms with van der Waals surface area (Å²) in [5.41, 5.74) is 5.64. The quantitative estimate of drug-likeness (QED) is 0.0710. The summed E-state index contributed by atoms with van der Waals surface area (Å²) in [5, 5.41) is 3.67. The lowest BCUT2D eigenvalue weighted by Gasteiger charge is -2.32. The van der Waals surface area contributed by atoms with Crippen molar-refractivity contribution in [3.05, 3.63) is 59.2 Å². The number of Topliss-reactive ketones (excluding diaryl/α,β-unsaturated/α-hetero) is 1. The Morgan fingerprint density at radius 1 is 0.933 bits per heavy atom. The molecule has 0 radical (unpaired) electrons. The largest absolute Gasteiger partial charge is 0.393 e. The molecular weight excluding hydrogens is 604 g/mol. The molecule has 158 valence electrons. The standard InChI is InChI=1S/C24H25I2NO3/c1-3-5-13-24(14-6-4-2)19-10-8-7-9-17(19)18-12-11-16(15-20(18)24)21(28)22(25)27-30-23(26)29/h7-12,15H,3-6,13-14H2,1-2H3/b27-22-. The fraction of sp³-hybridized carbons (Fsp3) is 0.375. The van der Waals surface area contributed by atoms with Crippen LogP contribution in [0.3, 0.4) is 0 Å². The second kappa shape index (κ2) is 10.3. The number of ketones is 1. The summed E-state index contributed by atoms with van der Waals surface area (Å²) in [7, 11) is 0. The first-order chi connectivity index (χ1) is 14.4. The Hall–Kier alpha value is -1.29. The van der Waals surface area contributed by atoms with Crippen LogP contribution in [0.2, 0.25) is 0 Å². The van der Waals surface area contributed by atoms with E-state index in [-0.39, 0.29) is 14.9 Å². The van der Waals surface area contributed by atoms with Crippen molar-refractivity contribution in [2.75, 3.05) is 0 Å². The molecule has 4 nitrogen and oxygen atoms in total. The molecule has 0 amide bonds. The maximum atomic E-state index is 12.9. The lowest BCUT2D eigenvalue weighted by Crippen LogP contribution is -2.26. The Morgan fingerprint density at radius 3 is 2.20 bits per heavy atom. The summed E-state index contributed by atoms with van der Waals surface area (Å²) in [4.78, 5) is 28.6. The van der Waals surface area contributed by atoms with Crippen molar-refractivity contribution in [3.8, 4) is 11.1 Å². The van der Waals surface area contributed by atoms with E-state index >= 15 is 0 Å². The normalized spacial score (nSPS) is 14.2. The highest BCUT2D eigenvalue weighted by molar-refractivity contribution is 14.1. The van der Waals surface area contributed by atoms with E-state index in [9.17, 15) is 9.59 Å². The summed E-state index contributed by atoms with van der Waals surface area (Å²) in [6, 6.07) is 14.6. The Kier molecular flexibility index (Phi) is 8.06. The lowest BCUT2D eigenvalue weighted by molar-refractivity contribution is 0.106. The van der Waals surface area contributed by atoms with Crippen LogP contribution in [0.5, 0.6) is 0 Å². The van der Waals surface area contributed by atoms with Gasteiger partial charge in [0.2, 0.25) is 5.78 Å². The zero-order valence-electron chi connectivity index (χ0n) is 17.2. The van der Waals surface area contributed by atoms with Crippen molar-refractivity contribution in [2.24, 2.45) is 5.16 Å². The molecule has 2 aromatic carbocycles. The Labute approximate surface area is 205 Å². The number of rotatable bonds is 9. The molecule has 0 aliphatic heterocycles. The van der Waals surface area contributed by atoms with Gasteiger partial charge in [-0.05, 0) is 63.8 Å². The number of carbonyl (C=O) groups excluding carboxylic acids is 2. The molecule has 0 N–H and O–H groups in total. The minimum absolute atomic E-state index is 0.0640. The number of carbonyl (C=O) groups is 2. The molecule has 0 atom stereocenters. The van der Waals surface area contributed by atoms with Gasteiger partial charge in [-0.15, -0.1) is 0 Å². The van der Waals surface area contributed by atoms with Crippen molar-refractivity contribution in [1.82, 2.24) is 0 Å². The molecule has 0 spiro atoms. The Morgan fingerprint density at radius 2 is 1.57 bits per heavy atom. The van der Waals surface area contributed by atoms with Crippen molar-refractivity contribution >= 4 is 58.7 Å². The number of oxime groups is 1. The lowest BCUT2D eigenvalue weighted by atomic mass is 9.70. The molecule has 0 heterocycles. The zero-order chi connectivity index (χ0) is 21.7. The molecule has 0 unspecified atom stereocenters. The molecule has 30 heavy (non-hydrogen) atoms. The summed E-state index contributed by atoms with van der Waals surface area (Å²) in [6.07, 6.45) is 6.69. The molecule has 0 fully saturated rings. The van der Waals surface area contributed by atoms with Crippen LogP contribution >= 0.6 is 45.2 Å².